The van der Waals surface area contributed by atoms with Gasteiger partial charge in [0.25, 0.3) is 0 Å². The summed E-state index contributed by atoms with van der Waals surface area (Å²) in [4.78, 5) is 12.1. The third-order valence-corrected chi connectivity index (χ3v) is 3.18. The minimum atomic E-state index is -3.41. The van der Waals surface area contributed by atoms with Gasteiger partial charge in [-0.3, -0.25) is 9.52 Å². The van der Waals surface area contributed by atoms with E-state index in [1.54, 1.807) is 0 Å². The highest BCUT2D eigenvalue weighted by molar-refractivity contribution is 7.92. The maximum Gasteiger partial charge on any atom is 0.229 e. The molecule has 4 nitrogen and oxygen atoms in total. The lowest BCUT2D eigenvalue weighted by Gasteiger charge is -2.05. The second-order valence-electron chi connectivity index (χ2n) is 4.44. The molecule has 0 radical (unpaired) electrons. The van der Waals surface area contributed by atoms with Gasteiger partial charge in [0.05, 0.1) is 6.26 Å². The van der Waals surface area contributed by atoms with Gasteiger partial charge in [-0.2, -0.15) is 0 Å². The van der Waals surface area contributed by atoms with E-state index in [0.717, 1.165) is 18.4 Å². The van der Waals surface area contributed by atoms with Crippen molar-refractivity contribution in [2.24, 2.45) is 0 Å². The Labute approximate surface area is 120 Å². The Morgan fingerprint density at radius 3 is 1.95 bits per heavy atom. The molecular weight excluding hydrogens is 300 g/mol. The van der Waals surface area contributed by atoms with E-state index in [4.69, 9.17) is 0 Å². The summed E-state index contributed by atoms with van der Waals surface area (Å²) in [6, 6.07) is 8.09. The van der Waals surface area contributed by atoms with E-state index in [2.05, 4.69) is 4.72 Å². The molecule has 0 heterocycles. The number of hydrogen-bond acceptors (Lipinski definition) is 3. The van der Waals surface area contributed by atoms with Crippen molar-refractivity contribution in [3.63, 3.8) is 0 Å². The summed E-state index contributed by atoms with van der Waals surface area (Å²) in [6.45, 7) is 0. The van der Waals surface area contributed by atoms with Crippen molar-refractivity contribution >= 4 is 21.5 Å². The molecule has 2 aromatic carbocycles. The van der Waals surface area contributed by atoms with Crippen LogP contribution >= 0.6 is 0 Å². The van der Waals surface area contributed by atoms with Crippen molar-refractivity contribution < 1.29 is 22.0 Å². The van der Waals surface area contributed by atoms with Crippen molar-refractivity contribution in [3.8, 4) is 0 Å². The van der Waals surface area contributed by atoms with E-state index in [1.807, 2.05) is 0 Å². The fourth-order valence-corrected chi connectivity index (χ4v) is 2.32. The standard InChI is InChI=1S/C14H11F2NO3S/c1-21(19,20)17-13-4-2-9(3-5-13)14(18)10-6-11(15)8-12(16)7-10/h2-8,17H,1H3. The van der Waals surface area contributed by atoms with Crippen LogP contribution in [0, 0.1) is 11.6 Å². The molecule has 0 saturated carbocycles. The lowest BCUT2D eigenvalue weighted by atomic mass is 10.0. The number of benzene rings is 2. The SMILES string of the molecule is CS(=O)(=O)Nc1ccc(C(=O)c2cc(F)cc(F)c2)cc1. The second-order valence-corrected chi connectivity index (χ2v) is 6.19. The number of halogens is 2. The van der Waals surface area contributed by atoms with Crippen molar-refractivity contribution in [1.82, 2.24) is 0 Å². The molecule has 2 rings (SSSR count). The third-order valence-electron chi connectivity index (χ3n) is 2.58. The highest BCUT2D eigenvalue weighted by atomic mass is 32.2. The topological polar surface area (TPSA) is 63.2 Å². The van der Waals surface area contributed by atoms with Crippen molar-refractivity contribution in [2.45, 2.75) is 0 Å². The van der Waals surface area contributed by atoms with Crippen LogP contribution in [0.25, 0.3) is 0 Å². The van der Waals surface area contributed by atoms with E-state index in [9.17, 15) is 22.0 Å². The van der Waals surface area contributed by atoms with Gasteiger partial charge >= 0.3 is 0 Å². The van der Waals surface area contributed by atoms with Crippen LogP contribution in [0.3, 0.4) is 0 Å². The van der Waals surface area contributed by atoms with E-state index >= 15 is 0 Å². The maximum absolute atomic E-state index is 13.1. The Hall–Kier alpha value is -2.28. The Balaban J connectivity index is 2.28. The number of nitrogens with one attached hydrogen (secondary N) is 1. The molecule has 7 heteroatoms. The first-order chi connectivity index (χ1) is 9.74. The summed E-state index contributed by atoms with van der Waals surface area (Å²) < 4.78 is 50.5. The zero-order valence-corrected chi connectivity index (χ0v) is 11.7. The first kappa shape index (κ1) is 15.1. The first-order valence-electron chi connectivity index (χ1n) is 5.83. The van der Waals surface area contributed by atoms with Crippen LogP contribution in [0.4, 0.5) is 14.5 Å². The van der Waals surface area contributed by atoms with Crippen LogP contribution in [0.2, 0.25) is 0 Å². The Morgan fingerprint density at radius 1 is 0.952 bits per heavy atom. The predicted molar refractivity (Wildman–Crippen MR) is 74.7 cm³/mol. The molecule has 0 bridgehead atoms. The van der Waals surface area contributed by atoms with Gasteiger partial charge in [0, 0.05) is 22.9 Å². The van der Waals surface area contributed by atoms with E-state index in [-0.39, 0.29) is 11.1 Å². The molecular formula is C14H11F2NO3S. The minimum Gasteiger partial charge on any atom is -0.289 e. The monoisotopic (exact) mass is 311 g/mol. The van der Waals surface area contributed by atoms with Crippen LogP contribution in [-0.4, -0.2) is 20.5 Å². The Kier molecular flexibility index (Phi) is 4.04. The number of carbonyl (C=O) groups is 1. The average Bonchev–Trinajstić information content (AvgIpc) is 2.35. The normalized spacial score (nSPS) is 11.2. The van der Waals surface area contributed by atoms with Gasteiger partial charge in [0.1, 0.15) is 11.6 Å². The molecule has 0 unspecified atom stereocenters. The number of carbonyl (C=O) groups excluding carboxylic acids is 1. The highest BCUT2D eigenvalue weighted by Crippen LogP contribution is 2.16. The van der Waals surface area contributed by atoms with Gasteiger partial charge in [-0.15, -0.1) is 0 Å². The van der Waals surface area contributed by atoms with Gasteiger partial charge < -0.3 is 0 Å². The lowest BCUT2D eigenvalue weighted by Crippen LogP contribution is -2.09. The summed E-state index contributed by atoms with van der Waals surface area (Å²) in [5, 5.41) is 0. The molecule has 0 aromatic heterocycles. The molecule has 0 saturated heterocycles. The summed E-state index contributed by atoms with van der Waals surface area (Å²) in [5.41, 5.74) is 0.370. The van der Waals surface area contributed by atoms with Crippen molar-refractivity contribution in [3.05, 3.63) is 65.2 Å². The molecule has 0 fully saturated rings. The molecule has 0 atom stereocenters. The van der Waals surface area contributed by atoms with E-state index in [1.165, 1.54) is 24.3 Å². The van der Waals surface area contributed by atoms with Crippen molar-refractivity contribution in [2.75, 3.05) is 11.0 Å². The lowest BCUT2D eigenvalue weighted by molar-refractivity contribution is 0.103. The quantitative estimate of drug-likeness (QED) is 0.883. The molecule has 0 amide bonds. The molecule has 0 spiro atoms. The zero-order valence-electron chi connectivity index (χ0n) is 10.9. The molecule has 2 aromatic rings. The van der Waals surface area contributed by atoms with Gasteiger partial charge in [-0.05, 0) is 36.4 Å². The number of hydrogen-bond donors (Lipinski definition) is 1. The smallest absolute Gasteiger partial charge is 0.229 e. The number of ketones is 1. The van der Waals surface area contributed by atoms with Crippen LogP contribution in [0.1, 0.15) is 15.9 Å². The second kappa shape index (κ2) is 5.61. The van der Waals surface area contributed by atoms with Gasteiger partial charge in [0.2, 0.25) is 10.0 Å². The summed E-state index contributed by atoms with van der Waals surface area (Å²) in [7, 11) is -3.41. The fourth-order valence-electron chi connectivity index (χ4n) is 1.76. The minimum absolute atomic E-state index is 0.115. The highest BCUT2D eigenvalue weighted by Gasteiger charge is 2.12. The van der Waals surface area contributed by atoms with Crippen LogP contribution in [0.5, 0.6) is 0 Å². The van der Waals surface area contributed by atoms with Crippen LogP contribution < -0.4 is 4.72 Å². The number of anilines is 1. The van der Waals surface area contributed by atoms with Crippen LogP contribution in [-0.2, 0) is 10.0 Å². The first-order valence-corrected chi connectivity index (χ1v) is 7.72. The van der Waals surface area contributed by atoms with Gasteiger partial charge in [0.15, 0.2) is 5.78 Å². The zero-order chi connectivity index (χ0) is 15.6. The summed E-state index contributed by atoms with van der Waals surface area (Å²) in [5.74, 6) is -2.23. The molecule has 0 aliphatic heterocycles. The molecule has 21 heavy (non-hydrogen) atoms. The summed E-state index contributed by atoms with van der Waals surface area (Å²) >= 11 is 0. The molecule has 110 valence electrons. The number of rotatable bonds is 4. The average molecular weight is 311 g/mol. The third kappa shape index (κ3) is 4.09. The maximum atomic E-state index is 13.1. The summed E-state index contributed by atoms with van der Waals surface area (Å²) in [6.07, 6.45) is 1.00. The van der Waals surface area contributed by atoms with Crippen molar-refractivity contribution in [1.29, 1.82) is 0 Å². The fraction of sp³-hybridized carbons (Fsp3) is 0.0714. The molecule has 0 aliphatic carbocycles. The predicted octanol–water partition coefficient (Wildman–Crippen LogP) is 2.57. The Morgan fingerprint density at radius 2 is 1.48 bits per heavy atom. The van der Waals surface area contributed by atoms with Crippen LogP contribution in [0.15, 0.2) is 42.5 Å². The Bertz CT molecular complexity index is 766. The molecule has 0 aliphatic rings. The van der Waals surface area contributed by atoms with Gasteiger partial charge in [-0.25, -0.2) is 17.2 Å². The van der Waals surface area contributed by atoms with E-state index < -0.39 is 27.4 Å². The molecule has 1 N–H and O–H groups in total. The largest absolute Gasteiger partial charge is 0.289 e. The van der Waals surface area contributed by atoms with Gasteiger partial charge in [-0.1, -0.05) is 0 Å². The number of sulfonamides is 1. The van der Waals surface area contributed by atoms with E-state index in [0.29, 0.717) is 11.8 Å².